The van der Waals surface area contributed by atoms with E-state index in [1.54, 1.807) is 35.1 Å². The smallest absolute Gasteiger partial charge is 0.416 e. The fourth-order valence-electron chi connectivity index (χ4n) is 3.35. The molecule has 0 saturated carbocycles. The van der Waals surface area contributed by atoms with Gasteiger partial charge in [-0.1, -0.05) is 23.7 Å². The van der Waals surface area contributed by atoms with E-state index in [-0.39, 0.29) is 22.4 Å². The second-order valence-electron chi connectivity index (χ2n) is 7.60. The van der Waals surface area contributed by atoms with E-state index in [1.165, 1.54) is 12.4 Å². The molecule has 9 nitrogen and oxygen atoms in total. The van der Waals surface area contributed by atoms with Crippen LogP contribution in [0.25, 0.3) is 16.8 Å². The van der Waals surface area contributed by atoms with Crippen LogP contribution in [0.4, 0.5) is 29.3 Å². The molecule has 0 spiro atoms. The van der Waals surface area contributed by atoms with E-state index in [4.69, 9.17) is 16.3 Å². The van der Waals surface area contributed by atoms with Gasteiger partial charge in [0.2, 0.25) is 0 Å². The number of nitrogens with zero attached hydrogens (tertiary/aromatic N) is 5. The molecule has 0 unspecified atom stereocenters. The summed E-state index contributed by atoms with van der Waals surface area (Å²) in [6.07, 6.45) is 3.22. The first kappa shape index (κ1) is 24.0. The van der Waals surface area contributed by atoms with Gasteiger partial charge >= 0.3 is 18.2 Å². The van der Waals surface area contributed by atoms with Crippen molar-refractivity contribution in [1.82, 2.24) is 24.6 Å². The molecule has 3 heterocycles. The summed E-state index contributed by atoms with van der Waals surface area (Å²) in [6.45, 7) is 0. The summed E-state index contributed by atoms with van der Waals surface area (Å²) in [5, 5.41) is 8.92. The lowest BCUT2D eigenvalue weighted by atomic mass is 10.1. The van der Waals surface area contributed by atoms with Crippen molar-refractivity contribution in [3.63, 3.8) is 0 Å². The number of hydrogen-bond donors (Lipinski definition) is 2. The maximum atomic E-state index is 12.9. The summed E-state index contributed by atoms with van der Waals surface area (Å²) >= 11 is 5.90. The third-order valence-corrected chi connectivity index (χ3v) is 5.41. The zero-order valence-electron chi connectivity index (χ0n) is 18.6. The number of halogens is 4. The van der Waals surface area contributed by atoms with Crippen LogP contribution in [0, 0.1) is 0 Å². The first-order valence-electron chi connectivity index (χ1n) is 10.6. The molecular weight excluding hydrogens is 511 g/mol. The summed E-state index contributed by atoms with van der Waals surface area (Å²) in [5.74, 6) is 0.478. The number of amides is 2. The third-order valence-electron chi connectivity index (χ3n) is 5.08. The highest BCUT2D eigenvalue weighted by Gasteiger charge is 2.31. The van der Waals surface area contributed by atoms with Gasteiger partial charge < -0.3 is 15.4 Å². The summed E-state index contributed by atoms with van der Waals surface area (Å²) < 4.78 is 46.1. The Labute approximate surface area is 211 Å². The SMILES string of the molecule is O=C(Nc1cnc(Oc2ccc(-c3cnn4cccnc34)cc2)nc1)Nc1cc(C(F)(F)F)ccc1Cl. The number of fused-ring (bicyclic) bond motifs is 1. The van der Waals surface area contributed by atoms with Crippen molar-refractivity contribution in [3.8, 4) is 22.9 Å². The zero-order valence-corrected chi connectivity index (χ0v) is 19.3. The highest BCUT2D eigenvalue weighted by molar-refractivity contribution is 6.33. The number of urea groups is 1. The van der Waals surface area contributed by atoms with Gasteiger partial charge in [-0.3, -0.25) is 0 Å². The number of ether oxygens (including phenoxy) is 1. The van der Waals surface area contributed by atoms with Crippen molar-refractivity contribution in [1.29, 1.82) is 0 Å². The van der Waals surface area contributed by atoms with Crippen LogP contribution in [-0.2, 0) is 6.18 Å². The number of carbonyl (C=O) groups is 1. The molecule has 2 amide bonds. The lowest BCUT2D eigenvalue weighted by molar-refractivity contribution is -0.137. The molecule has 0 aliphatic heterocycles. The molecule has 2 N–H and O–H groups in total. The summed E-state index contributed by atoms with van der Waals surface area (Å²) in [5.41, 5.74) is 1.53. The molecule has 0 fully saturated rings. The second-order valence-corrected chi connectivity index (χ2v) is 8.01. The zero-order chi connectivity index (χ0) is 26.0. The van der Waals surface area contributed by atoms with E-state index < -0.39 is 17.8 Å². The van der Waals surface area contributed by atoms with Crippen LogP contribution in [0.3, 0.4) is 0 Å². The third kappa shape index (κ3) is 5.43. The minimum atomic E-state index is -4.58. The van der Waals surface area contributed by atoms with Crippen LogP contribution >= 0.6 is 11.6 Å². The van der Waals surface area contributed by atoms with Crippen molar-refractivity contribution in [2.24, 2.45) is 0 Å². The molecule has 13 heteroatoms. The van der Waals surface area contributed by atoms with Crippen LogP contribution in [-0.4, -0.2) is 30.6 Å². The van der Waals surface area contributed by atoms with Crippen molar-refractivity contribution in [2.45, 2.75) is 6.18 Å². The molecule has 0 aliphatic rings. The molecule has 0 saturated heterocycles. The summed E-state index contributed by atoms with van der Waals surface area (Å²) in [6, 6.07) is 10.8. The Morgan fingerprint density at radius 3 is 2.46 bits per heavy atom. The molecule has 0 bridgehead atoms. The van der Waals surface area contributed by atoms with Crippen LogP contribution in [0.2, 0.25) is 5.02 Å². The average Bonchev–Trinajstić information content (AvgIpc) is 3.31. The molecular formula is C24H15ClF3N7O2. The molecule has 5 rings (SSSR count). The van der Waals surface area contributed by atoms with E-state index in [0.29, 0.717) is 5.75 Å². The predicted octanol–water partition coefficient (Wildman–Crippen LogP) is 6.29. The molecule has 5 aromatic rings. The van der Waals surface area contributed by atoms with E-state index in [2.05, 4.69) is 30.7 Å². The Balaban J connectivity index is 1.21. The highest BCUT2D eigenvalue weighted by Crippen LogP contribution is 2.34. The van der Waals surface area contributed by atoms with Crippen LogP contribution in [0.15, 0.2) is 79.5 Å². The molecule has 2 aromatic carbocycles. The van der Waals surface area contributed by atoms with E-state index in [9.17, 15) is 18.0 Å². The molecule has 0 aliphatic carbocycles. The Morgan fingerprint density at radius 2 is 1.73 bits per heavy atom. The Hall–Kier alpha value is -4.71. The maximum Gasteiger partial charge on any atom is 0.416 e. The number of alkyl halides is 3. The van der Waals surface area contributed by atoms with Crippen molar-refractivity contribution >= 4 is 34.7 Å². The average molecular weight is 526 g/mol. The van der Waals surface area contributed by atoms with Gasteiger partial charge in [-0.25, -0.2) is 24.3 Å². The lowest BCUT2D eigenvalue weighted by Crippen LogP contribution is -2.20. The first-order chi connectivity index (χ1) is 17.8. The Bertz CT molecular complexity index is 1570. The number of anilines is 2. The highest BCUT2D eigenvalue weighted by atomic mass is 35.5. The fourth-order valence-corrected chi connectivity index (χ4v) is 3.52. The summed E-state index contributed by atoms with van der Waals surface area (Å²) in [4.78, 5) is 24.6. The lowest BCUT2D eigenvalue weighted by Gasteiger charge is -2.12. The molecule has 0 radical (unpaired) electrons. The number of carbonyl (C=O) groups excluding carboxylic acids is 1. The predicted molar refractivity (Wildman–Crippen MR) is 130 cm³/mol. The summed E-state index contributed by atoms with van der Waals surface area (Å²) in [7, 11) is 0. The van der Waals surface area contributed by atoms with Gasteiger partial charge in [0.15, 0.2) is 5.65 Å². The second kappa shape index (κ2) is 9.74. The first-order valence-corrected chi connectivity index (χ1v) is 11.0. The number of rotatable bonds is 5. The standard InChI is InChI=1S/C24H15ClF3N7O2/c25-19-7-4-15(24(26,27)28)10-20(19)34-22(36)33-16-11-30-23(31-12-16)37-17-5-2-14(3-6-17)18-13-32-35-9-1-8-29-21(18)35/h1-13H,(H2,33,34,36). The Morgan fingerprint density at radius 1 is 0.973 bits per heavy atom. The Kier molecular flexibility index (Phi) is 6.32. The quantitative estimate of drug-likeness (QED) is 0.279. The monoisotopic (exact) mass is 525 g/mol. The van der Waals surface area contributed by atoms with Crippen molar-refractivity contribution in [3.05, 3.63) is 90.1 Å². The number of aromatic nitrogens is 5. The normalized spacial score (nSPS) is 11.4. The van der Waals surface area contributed by atoms with Gasteiger partial charge in [-0.05, 0) is 42.0 Å². The van der Waals surface area contributed by atoms with Gasteiger partial charge in [0.1, 0.15) is 5.75 Å². The van der Waals surface area contributed by atoms with Crippen LogP contribution in [0.1, 0.15) is 5.56 Å². The van der Waals surface area contributed by atoms with Crippen LogP contribution < -0.4 is 15.4 Å². The molecule has 186 valence electrons. The van der Waals surface area contributed by atoms with Gasteiger partial charge in [-0.15, -0.1) is 0 Å². The number of hydrogen-bond acceptors (Lipinski definition) is 6. The molecule has 0 atom stereocenters. The van der Waals surface area contributed by atoms with E-state index in [1.807, 2.05) is 18.3 Å². The van der Waals surface area contributed by atoms with Crippen molar-refractivity contribution < 1.29 is 22.7 Å². The maximum absolute atomic E-state index is 12.9. The van der Waals surface area contributed by atoms with Crippen molar-refractivity contribution in [2.75, 3.05) is 10.6 Å². The topological polar surface area (TPSA) is 106 Å². The number of nitrogens with one attached hydrogen (secondary N) is 2. The molecule has 3 aromatic heterocycles. The molecule has 37 heavy (non-hydrogen) atoms. The fraction of sp³-hybridized carbons (Fsp3) is 0.0417. The van der Waals surface area contributed by atoms with E-state index in [0.717, 1.165) is 35.0 Å². The van der Waals surface area contributed by atoms with Crippen LogP contribution in [0.5, 0.6) is 11.8 Å². The largest absolute Gasteiger partial charge is 0.424 e. The van der Waals surface area contributed by atoms with Gasteiger partial charge in [0.25, 0.3) is 0 Å². The number of benzene rings is 2. The minimum absolute atomic E-state index is 0.0253. The van der Waals surface area contributed by atoms with Gasteiger partial charge in [0, 0.05) is 18.0 Å². The minimum Gasteiger partial charge on any atom is -0.424 e. The van der Waals surface area contributed by atoms with Gasteiger partial charge in [-0.2, -0.15) is 18.3 Å². The van der Waals surface area contributed by atoms with E-state index >= 15 is 0 Å². The van der Waals surface area contributed by atoms with Gasteiger partial charge in [0.05, 0.1) is 40.6 Å².